The predicted octanol–water partition coefficient (Wildman–Crippen LogP) is 1.81. The molecule has 0 atom stereocenters. The van der Waals surface area contributed by atoms with Crippen molar-refractivity contribution in [2.45, 2.75) is 0 Å². The molecule has 0 aromatic heterocycles. The zero-order chi connectivity index (χ0) is 16.8. The maximum Gasteiger partial charge on any atom is 0.163 e. The third kappa shape index (κ3) is 3.58. The Labute approximate surface area is 134 Å². The molecule has 1 aromatic carbocycles. The third-order valence-corrected chi connectivity index (χ3v) is 3.67. The Hall–Kier alpha value is -3.08. The van der Waals surface area contributed by atoms with Gasteiger partial charge in [-0.15, -0.1) is 0 Å². The summed E-state index contributed by atoms with van der Waals surface area (Å²) in [6.07, 6.45) is 0. The number of hydrogen-bond acceptors (Lipinski definition) is 6. The van der Waals surface area contributed by atoms with E-state index in [-0.39, 0.29) is 17.0 Å². The summed E-state index contributed by atoms with van der Waals surface area (Å²) >= 11 is 0. The first kappa shape index (κ1) is 16.3. The molecule has 2 rings (SSSR count). The number of anilines is 2. The summed E-state index contributed by atoms with van der Waals surface area (Å²) in [5.41, 5.74) is 0.0910. The fourth-order valence-corrected chi connectivity index (χ4v) is 2.36. The number of benzene rings is 1. The van der Waals surface area contributed by atoms with E-state index in [1.165, 1.54) is 6.07 Å². The molecule has 0 spiro atoms. The highest BCUT2D eigenvalue weighted by Gasteiger charge is 2.20. The van der Waals surface area contributed by atoms with Gasteiger partial charge in [0.15, 0.2) is 5.57 Å². The third-order valence-electron chi connectivity index (χ3n) is 3.67. The van der Waals surface area contributed by atoms with Crippen LogP contribution in [0.2, 0.25) is 0 Å². The van der Waals surface area contributed by atoms with Crippen molar-refractivity contribution in [1.29, 1.82) is 15.8 Å². The van der Waals surface area contributed by atoms with Gasteiger partial charge in [-0.2, -0.15) is 15.8 Å². The summed E-state index contributed by atoms with van der Waals surface area (Å²) in [5, 5.41) is 29.5. The van der Waals surface area contributed by atoms with E-state index in [9.17, 15) is 4.39 Å². The van der Waals surface area contributed by atoms with Crippen molar-refractivity contribution in [3.8, 4) is 18.2 Å². The lowest BCUT2D eigenvalue weighted by molar-refractivity contribution is 0.313. The van der Waals surface area contributed by atoms with Gasteiger partial charge >= 0.3 is 0 Å². The predicted molar refractivity (Wildman–Crippen MR) is 83.6 cm³/mol. The summed E-state index contributed by atoms with van der Waals surface area (Å²) in [7, 11) is 2.02. The van der Waals surface area contributed by atoms with E-state index in [0.29, 0.717) is 5.69 Å². The molecule has 7 heteroatoms. The van der Waals surface area contributed by atoms with Gasteiger partial charge in [0.25, 0.3) is 0 Å². The second kappa shape index (κ2) is 7.26. The van der Waals surface area contributed by atoms with Gasteiger partial charge in [0, 0.05) is 26.2 Å². The molecule has 0 unspecified atom stereocenters. The van der Waals surface area contributed by atoms with Crippen molar-refractivity contribution < 1.29 is 4.39 Å². The molecule has 1 aliphatic heterocycles. The summed E-state index contributed by atoms with van der Waals surface area (Å²) in [6, 6.07) is 9.65. The number of hydrogen-bond donors (Lipinski definition) is 1. The maximum atomic E-state index is 14.3. The number of para-hydroxylation sites is 1. The van der Waals surface area contributed by atoms with Gasteiger partial charge in [0.2, 0.25) is 0 Å². The van der Waals surface area contributed by atoms with Crippen LogP contribution in [0, 0.1) is 39.8 Å². The highest BCUT2D eigenvalue weighted by molar-refractivity contribution is 5.74. The molecule has 0 saturated carbocycles. The van der Waals surface area contributed by atoms with Crippen molar-refractivity contribution >= 4 is 11.4 Å². The number of nitrogens with one attached hydrogen (secondary N) is 1. The lowest BCUT2D eigenvalue weighted by atomic mass is 10.1. The van der Waals surface area contributed by atoms with E-state index in [1.807, 2.05) is 11.9 Å². The number of rotatable bonds is 3. The van der Waals surface area contributed by atoms with Crippen LogP contribution in [0.25, 0.3) is 0 Å². The summed E-state index contributed by atoms with van der Waals surface area (Å²) in [6.45, 7) is 3.14. The van der Waals surface area contributed by atoms with Crippen LogP contribution in [0.1, 0.15) is 0 Å². The molecular formula is C16H15FN6. The average Bonchev–Trinajstić information content (AvgIpc) is 2.57. The van der Waals surface area contributed by atoms with Crippen LogP contribution in [-0.4, -0.2) is 38.1 Å². The molecule has 23 heavy (non-hydrogen) atoms. The van der Waals surface area contributed by atoms with E-state index in [2.05, 4.69) is 10.2 Å². The minimum absolute atomic E-state index is 0.108. The number of nitriles is 3. The SMILES string of the molecule is CN1CCN(c2cccc(F)c2NC(C#N)=C(C#N)C#N)CC1. The molecule has 0 radical (unpaired) electrons. The second-order valence-corrected chi connectivity index (χ2v) is 5.13. The van der Waals surface area contributed by atoms with Crippen LogP contribution in [0.3, 0.4) is 0 Å². The van der Waals surface area contributed by atoms with Gasteiger partial charge in [-0.1, -0.05) is 6.07 Å². The van der Waals surface area contributed by atoms with Crippen molar-refractivity contribution in [3.05, 3.63) is 35.3 Å². The van der Waals surface area contributed by atoms with E-state index < -0.39 is 5.82 Å². The quantitative estimate of drug-likeness (QED) is 0.856. The molecular weight excluding hydrogens is 295 g/mol. The first-order valence-corrected chi connectivity index (χ1v) is 7.04. The molecule has 1 N–H and O–H groups in total. The Kier molecular flexibility index (Phi) is 5.15. The first-order valence-electron chi connectivity index (χ1n) is 7.04. The van der Waals surface area contributed by atoms with Gasteiger partial charge in [0.05, 0.1) is 11.4 Å². The number of allylic oxidation sites excluding steroid dienone is 2. The van der Waals surface area contributed by atoms with Gasteiger partial charge in [0.1, 0.15) is 29.7 Å². The standard InChI is InChI=1S/C16H15FN6/c1-22-5-7-23(8-6-22)15-4-2-3-13(17)16(15)21-14(11-20)12(9-18)10-19/h2-4,21H,5-8H2,1H3. The van der Waals surface area contributed by atoms with Gasteiger partial charge < -0.3 is 15.1 Å². The zero-order valence-corrected chi connectivity index (χ0v) is 12.7. The number of halogens is 1. The van der Waals surface area contributed by atoms with E-state index >= 15 is 0 Å². The molecule has 0 amide bonds. The molecule has 1 fully saturated rings. The number of likely N-dealkylation sites (N-methyl/N-ethyl adjacent to an activating group) is 1. The highest BCUT2D eigenvalue weighted by Crippen LogP contribution is 2.30. The van der Waals surface area contributed by atoms with Crippen LogP contribution in [0.15, 0.2) is 29.5 Å². The molecule has 1 aromatic rings. The molecule has 6 nitrogen and oxygen atoms in total. The Morgan fingerprint density at radius 3 is 2.30 bits per heavy atom. The van der Waals surface area contributed by atoms with Crippen LogP contribution < -0.4 is 10.2 Å². The highest BCUT2D eigenvalue weighted by atomic mass is 19.1. The van der Waals surface area contributed by atoms with Crippen LogP contribution >= 0.6 is 0 Å². The fraction of sp³-hybridized carbons (Fsp3) is 0.312. The molecule has 1 heterocycles. The zero-order valence-electron chi connectivity index (χ0n) is 12.7. The van der Waals surface area contributed by atoms with Gasteiger partial charge in [-0.3, -0.25) is 0 Å². The van der Waals surface area contributed by atoms with Crippen LogP contribution in [-0.2, 0) is 0 Å². The molecule has 0 bridgehead atoms. The maximum absolute atomic E-state index is 14.3. The van der Waals surface area contributed by atoms with Gasteiger partial charge in [-0.25, -0.2) is 4.39 Å². The van der Waals surface area contributed by atoms with Crippen LogP contribution in [0.4, 0.5) is 15.8 Å². The van der Waals surface area contributed by atoms with Crippen molar-refractivity contribution in [3.63, 3.8) is 0 Å². The van der Waals surface area contributed by atoms with E-state index in [4.69, 9.17) is 15.8 Å². The number of nitrogens with zero attached hydrogens (tertiary/aromatic N) is 5. The lowest BCUT2D eigenvalue weighted by Crippen LogP contribution is -2.44. The van der Waals surface area contributed by atoms with E-state index in [1.54, 1.807) is 30.3 Å². The largest absolute Gasteiger partial charge is 0.367 e. The molecule has 1 aliphatic rings. The number of piperazine rings is 1. The Morgan fingerprint density at radius 1 is 1.09 bits per heavy atom. The van der Waals surface area contributed by atoms with Crippen molar-refractivity contribution in [2.75, 3.05) is 43.4 Å². The van der Waals surface area contributed by atoms with Crippen molar-refractivity contribution in [2.24, 2.45) is 0 Å². The Morgan fingerprint density at radius 2 is 1.74 bits per heavy atom. The summed E-state index contributed by atoms with van der Waals surface area (Å²) in [5.74, 6) is -0.538. The summed E-state index contributed by atoms with van der Waals surface area (Å²) in [4.78, 5) is 4.19. The van der Waals surface area contributed by atoms with Crippen molar-refractivity contribution in [1.82, 2.24) is 4.90 Å². The molecule has 1 saturated heterocycles. The minimum atomic E-state index is -0.538. The monoisotopic (exact) mass is 310 g/mol. The minimum Gasteiger partial charge on any atom is -0.367 e. The smallest absolute Gasteiger partial charge is 0.163 e. The lowest BCUT2D eigenvalue weighted by Gasteiger charge is -2.35. The topological polar surface area (TPSA) is 89.9 Å². The normalized spacial score (nSPS) is 14.3. The molecule has 0 aliphatic carbocycles. The van der Waals surface area contributed by atoms with Gasteiger partial charge in [-0.05, 0) is 19.2 Å². The van der Waals surface area contributed by atoms with Crippen LogP contribution in [0.5, 0.6) is 0 Å². The first-order chi connectivity index (χ1) is 11.1. The average molecular weight is 310 g/mol. The second-order valence-electron chi connectivity index (χ2n) is 5.13. The Balaban J connectivity index is 2.40. The summed E-state index contributed by atoms with van der Waals surface area (Å²) < 4.78 is 14.3. The molecule has 116 valence electrons. The Bertz CT molecular complexity index is 725. The fourth-order valence-electron chi connectivity index (χ4n) is 2.36. The van der Waals surface area contributed by atoms with E-state index in [0.717, 1.165) is 26.2 Å².